The van der Waals surface area contributed by atoms with Gasteiger partial charge in [-0.3, -0.25) is 4.79 Å². The maximum atomic E-state index is 13.2. The van der Waals surface area contributed by atoms with E-state index in [1.54, 1.807) is 29.0 Å². The first-order chi connectivity index (χ1) is 14.2. The molecule has 0 aliphatic carbocycles. The molecule has 0 unspecified atom stereocenters. The molecule has 0 aliphatic heterocycles. The largest absolute Gasteiger partial charge is 0.471 e. The molecule has 2 aromatic carbocycles. The topological polar surface area (TPSA) is 73.0 Å². The van der Waals surface area contributed by atoms with Gasteiger partial charge in [0.15, 0.2) is 11.6 Å². The van der Waals surface area contributed by atoms with Gasteiger partial charge in [-0.25, -0.2) is 8.78 Å². The van der Waals surface area contributed by atoms with Crippen LogP contribution in [-0.4, -0.2) is 20.6 Å². The highest BCUT2D eigenvalue weighted by molar-refractivity contribution is 5.92. The molecular weight excluding hydrogens is 411 g/mol. The molecule has 6 nitrogen and oxygen atoms in total. The maximum Gasteiger partial charge on any atom is 0.471 e. The predicted molar refractivity (Wildman–Crippen MR) is 95.2 cm³/mol. The van der Waals surface area contributed by atoms with E-state index in [0.29, 0.717) is 16.5 Å². The molecule has 0 radical (unpaired) electrons. The highest BCUT2D eigenvalue weighted by Crippen LogP contribution is 2.30. The van der Waals surface area contributed by atoms with Crippen molar-refractivity contribution in [1.29, 1.82) is 0 Å². The summed E-state index contributed by atoms with van der Waals surface area (Å²) >= 11 is 0. The van der Waals surface area contributed by atoms with E-state index in [-0.39, 0.29) is 18.1 Å². The van der Waals surface area contributed by atoms with Crippen LogP contribution in [0.3, 0.4) is 0 Å². The molecule has 0 fully saturated rings. The van der Waals surface area contributed by atoms with Gasteiger partial charge in [-0.15, -0.1) is 0 Å². The van der Waals surface area contributed by atoms with Crippen molar-refractivity contribution in [2.24, 2.45) is 0 Å². The SMILES string of the molecule is O=C(Cn1ccc2cc(-c3noc(C(F)(F)F)n3)ccc21)Nc1ccc(F)c(F)c1. The second-order valence-electron chi connectivity index (χ2n) is 6.32. The Morgan fingerprint density at radius 3 is 2.57 bits per heavy atom. The molecule has 4 rings (SSSR count). The summed E-state index contributed by atoms with van der Waals surface area (Å²) in [6.07, 6.45) is -3.13. The number of carbonyl (C=O) groups excluding carboxylic acids is 1. The van der Waals surface area contributed by atoms with Crippen LogP contribution in [0, 0.1) is 11.6 Å². The number of benzene rings is 2. The summed E-state index contributed by atoms with van der Waals surface area (Å²) in [6, 6.07) is 9.32. The molecular formula is C19H11F5N4O2. The average Bonchev–Trinajstić information content (AvgIpc) is 3.32. The van der Waals surface area contributed by atoms with Crippen molar-refractivity contribution in [2.45, 2.75) is 12.7 Å². The molecule has 0 bridgehead atoms. The number of fused-ring (bicyclic) bond motifs is 1. The van der Waals surface area contributed by atoms with Gasteiger partial charge in [0.1, 0.15) is 6.54 Å². The number of hydrogen-bond acceptors (Lipinski definition) is 4. The van der Waals surface area contributed by atoms with E-state index in [2.05, 4.69) is 20.0 Å². The Balaban J connectivity index is 1.53. The van der Waals surface area contributed by atoms with Crippen LogP contribution >= 0.6 is 0 Å². The number of nitrogens with zero attached hydrogens (tertiary/aromatic N) is 3. The molecule has 154 valence electrons. The number of nitrogens with one attached hydrogen (secondary N) is 1. The second-order valence-corrected chi connectivity index (χ2v) is 6.32. The van der Waals surface area contributed by atoms with Gasteiger partial charge in [-0.1, -0.05) is 5.16 Å². The maximum absolute atomic E-state index is 13.2. The van der Waals surface area contributed by atoms with Crippen molar-refractivity contribution >= 4 is 22.5 Å². The first-order valence-corrected chi connectivity index (χ1v) is 8.46. The van der Waals surface area contributed by atoms with E-state index < -0.39 is 29.6 Å². The zero-order chi connectivity index (χ0) is 21.5. The molecule has 1 amide bonds. The fourth-order valence-corrected chi connectivity index (χ4v) is 2.86. The van der Waals surface area contributed by atoms with E-state index in [1.165, 1.54) is 12.1 Å². The monoisotopic (exact) mass is 422 g/mol. The highest BCUT2D eigenvalue weighted by Gasteiger charge is 2.38. The number of carbonyl (C=O) groups is 1. The van der Waals surface area contributed by atoms with Gasteiger partial charge in [0, 0.05) is 34.4 Å². The number of alkyl halides is 3. The lowest BCUT2D eigenvalue weighted by molar-refractivity contribution is -0.159. The number of anilines is 1. The molecule has 0 spiro atoms. The third-order valence-corrected chi connectivity index (χ3v) is 4.22. The Kier molecular flexibility index (Phi) is 4.72. The zero-order valence-electron chi connectivity index (χ0n) is 14.9. The van der Waals surface area contributed by atoms with E-state index in [0.717, 1.165) is 12.1 Å². The molecule has 0 saturated carbocycles. The van der Waals surface area contributed by atoms with Crippen LogP contribution in [0.2, 0.25) is 0 Å². The fourth-order valence-electron chi connectivity index (χ4n) is 2.86. The van der Waals surface area contributed by atoms with Gasteiger partial charge >= 0.3 is 12.1 Å². The van der Waals surface area contributed by atoms with Crippen molar-refractivity contribution in [3.8, 4) is 11.4 Å². The summed E-state index contributed by atoms with van der Waals surface area (Å²) in [6.45, 7) is -0.123. The minimum atomic E-state index is -4.74. The predicted octanol–water partition coefficient (Wildman–Crippen LogP) is 4.63. The Morgan fingerprint density at radius 1 is 1.07 bits per heavy atom. The molecule has 0 saturated heterocycles. The highest BCUT2D eigenvalue weighted by atomic mass is 19.4. The van der Waals surface area contributed by atoms with Crippen LogP contribution in [0.1, 0.15) is 5.89 Å². The summed E-state index contributed by atoms with van der Waals surface area (Å²) in [7, 11) is 0. The van der Waals surface area contributed by atoms with E-state index in [4.69, 9.17) is 0 Å². The van der Waals surface area contributed by atoms with Crippen LogP contribution < -0.4 is 5.32 Å². The summed E-state index contributed by atoms with van der Waals surface area (Å²) in [5.41, 5.74) is 1.04. The summed E-state index contributed by atoms with van der Waals surface area (Å²) < 4.78 is 69.9. The van der Waals surface area contributed by atoms with Crippen LogP contribution in [0.4, 0.5) is 27.6 Å². The number of hydrogen-bond donors (Lipinski definition) is 1. The van der Waals surface area contributed by atoms with Crippen LogP contribution in [-0.2, 0) is 17.5 Å². The van der Waals surface area contributed by atoms with Crippen LogP contribution in [0.25, 0.3) is 22.3 Å². The molecule has 4 aromatic rings. The molecule has 0 atom stereocenters. The smallest absolute Gasteiger partial charge is 0.338 e. The number of aromatic nitrogens is 3. The Morgan fingerprint density at radius 2 is 1.87 bits per heavy atom. The first kappa shape index (κ1) is 19.6. The van der Waals surface area contributed by atoms with Crippen LogP contribution in [0.15, 0.2) is 53.2 Å². The van der Waals surface area contributed by atoms with Crippen LogP contribution in [0.5, 0.6) is 0 Å². The Labute approximate surface area is 164 Å². The number of halogens is 5. The minimum absolute atomic E-state index is 0.107. The van der Waals surface area contributed by atoms with Gasteiger partial charge in [0.05, 0.1) is 0 Å². The molecule has 0 aliphatic rings. The number of rotatable bonds is 4. The van der Waals surface area contributed by atoms with Crippen molar-refractivity contribution in [2.75, 3.05) is 5.32 Å². The average molecular weight is 422 g/mol. The third kappa shape index (κ3) is 3.86. The van der Waals surface area contributed by atoms with Gasteiger partial charge in [-0.05, 0) is 36.4 Å². The summed E-state index contributed by atoms with van der Waals surface area (Å²) in [5.74, 6) is -4.24. The summed E-state index contributed by atoms with van der Waals surface area (Å²) in [4.78, 5) is 15.6. The van der Waals surface area contributed by atoms with E-state index >= 15 is 0 Å². The van der Waals surface area contributed by atoms with E-state index in [9.17, 15) is 26.7 Å². The van der Waals surface area contributed by atoms with Gasteiger partial charge in [0.2, 0.25) is 11.7 Å². The third-order valence-electron chi connectivity index (χ3n) is 4.22. The van der Waals surface area contributed by atoms with Crippen molar-refractivity contribution in [1.82, 2.24) is 14.7 Å². The van der Waals surface area contributed by atoms with Gasteiger partial charge in [0.25, 0.3) is 0 Å². The Hall–Kier alpha value is -3.76. The lowest BCUT2D eigenvalue weighted by atomic mass is 10.1. The van der Waals surface area contributed by atoms with Crippen molar-refractivity contribution in [3.05, 3.63) is 66.2 Å². The molecule has 30 heavy (non-hydrogen) atoms. The van der Waals surface area contributed by atoms with Crippen molar-refractivity contribution in [3.63, 3.8) is 0 Å². The zero-order valence-corrected chi connectivity index (χ0v) is 14.9. The molecule has 1 N–H and O–H groups in total. The first-order valence-electron chi connectivity index (χ1n) is 8.46. The van der Waals surface area contributed by atoms with Gasteiger partial charge in [-0.2, -0.15) is 18.2 Å². The quantitative estimate of drug-likeness (QED) is 0.487. The van der Waals surface area contributed by atoms with E-state index in [1.807, 2.05) is 0 Å². The normalized spacial score (nSPS) is 11.8. The van der Waals surface area contributed by atoms with Crippen molar-refractivity contribution < 1.29 is 31.3 Å². The Bertz CT molecular complexity index is 1250. The molecule has 11 heteroatoms. The summed E-state index contributed by atoms with van der Waals surface area (Å²) in [5, 5.41) is 6.43. The van der Waals surface area contributed by atoms with Gasteiger partial charge < -0.3 is 14.4 Å². The minimum Gasteiger partial charge on any atom is -0.338 e. The second kappa shape index (κ2) is 7.25. The molecule has 2 heterocycles. The fraction of sp³-hybridized carbons (Fsp3) is 0.105. The molecule has 2 aromatic heterocycles. The lowest BCUT2D eigenvalue weighted by Gasteiger charge is -2.08. The number of amides is 1. The standard InChI is InChI=1S/C19H11F5N4O2/c20-13-3-2-12(8-14(13)21)25-16(29)9-28-6-5-10-7-11(1-4-15(10)28)17-26-18(30-27-17)19(22,23)24/h1-8H,9H2,(H,25,29). The lowest BCUT2D eigenvalue weighted by Crippen LogP contribution is -2.18.